The number of benzene rings is 2. The normalized spacial score (nSPS) is 11.7. The Bertz CT molecular complexity index is 912. The molecule has 3 aromatic rings. The molecule has 0 aliphatic heterocycles. The summed E-state index contributed by atoms with van der Waals surface area (Å²) >= 11 is 1.20. The SMILES string of the molecule is CC(Sc1nnc(-c2ccccc2)n1-c1ccccc1)C(=O)NC(N)=O. The summed E-state index contributed by atoms with van der Waals surface area (Å²) in [5, 5.41) is 10.6. The number of para-hydroxylation sites is 1. The van der Waals surface area contributed by atoms with Gasteiger partial charge in [0.25, 0.3) is 0 Å². The van der Waals surface area contributed by atoms with Crippen LogP contribution in [0.4, 0.5) is 4.79 Å². The Hall–Kier alpha value is -3.13. The minimum absolute atomic E-state index is 0.480. The maximum atomic E-state index is 12.0. The monoisotopic (exact) mass is 367 g/mol. The summed E-state index contributed by atoms with van der Waals surface area (Å²) in [6.45, 7) is 1.68. The van der Waals surface area contributed by atoms with Gasteiger partial charge >= 0.3 is 6.03 Å². The fourth-order valence-electron chi connectivity index (χ4n) is 2.36. The Morgan fingerprint density at radius 2 is 1.65 bits per heavy atom. The molecule has 3 N–H and O–H groups in total. The van der Waals surface area contributed by atoms with Crippen LogP contribution in [0.15, 0.2) is 65.8 Å². The number of carbonyl (C=O) groups is 2. The van der Waals surface area contributed by atoms with Gasteiger partial charge < -0.3 is 5.73 Å². The van der Waals surface area contributed by atoms with Crippen molar-refractivity contribution in [3.05, 3.63) is 60.7 Å². The Balaban J connectivity index is 2.00. The van der Waals surface area contributed by atoms with Gasteiger partial charge in [-0.25, -0.2) is 4.79 Å². The van der Waals surface area contributed by atoms with E-state index >= 15 is 0 Å². The Morgan fingerprint density at radius 1 is 1.04 bits per heavy atom. The van der Waals surface area contributed by atoms with E-state index in [9.17, 15) is 9.59 Å². The second kappa shape index (κ2) is 7.83. The number of rotatable bonds is 5. The molecule has 3 amide bonds. The van der Waals surface area contributed by atoms with Crippen molar-refractivity contribution in [2.24, 2.45) is 5.73 Å². The van der Waals surface area contributed by atoms with Gasteiger partial charge in [-0.3, -0.25) is 14.7 Å². The van der Waals surface area contributed by atoms with Crippen LogP contribution in [0.5, 0.6) is 0 Å². The molecule has 8 heteroatoms. The second-order valence-corrected chi connectivity index (χ2v) is 6.76. The number of nitrogens with zero attached hydrogens (tertiary/aromatic N) is 3. The highest BCUT2D eigenvalue weighted by molar-refractivity contribution is 8.00. The van der Waals surface area contributed by atoms with Crippen LogP contribution in [0.3, 0.4) is 0 Å². The van der Waals surface area contributed by atoms with Gasteiger partial charge in [0.1, 0.15) is 0 Å². The van der Waals surface area contributed by atoms with Gasteiger partial charge in [0.2, 0.25) is 5.91 Å². The van der Waals surface area contributed by atoms with E-state index in [0.717, 1.165) is 11.3 Å². The molecule has 0 spiro atoms. The Morgan fingerprint density at radius 3 is 2.27 bits per heavy atom. The van der Waals surface area contributed by atoms with Gasteiger partial charge in [-0.05, 0) is 19.1 Å². The molecule has 0 aliphatic rings. The van der Waals surface area contributed by atoms with Gasteiger partial charge in [0, 0.05) is 11.3 Å². The number of nitrogens with one attached hydrogen (secondary N) is 1. The summed E-state index contributed by atoms with van der Waals surface area (Å²) in [6, 6.07) is 18.4. The van der Waals surface area contributed by atoms with Crippen molar-refractivity contribution in [3.63, 3.8) is 0 Å². The third kappa shape index (κ3) is 3.92. The van der Waals surface area contributed by atoms with Gasteiger partial charge in [0.15, 0.2) is 11.0 Å². The first-order chi connectivity index (χ1) is 12.6. The zero-order valence-corrected chi connectivity index (χ0v) is 14.8. The number of imide groups is 1. The molecule has 0 fully saturated rings. The van der Waals surface area contributed by atoms with Crippen LogP contribution in [0.2, 0.25) is 0 Å². The first-order valence-corrected chi connectivity index (χ1v) is 8.77. The van der Waals surface area contributed by atoms with Crippen molar-refractivity contribution in [2.75, 3.05) is 0 Å². The average Bonchev–Trinajstić information content (AvgIpc) is 3.06. The van der Waals surface area contributed by atoms with Crippen LogP contribution in [-0.2, 0) is 4.79 Å². The first kappa shape index (κ1) is 17.7. The van der Waals surface area contributed by atoms with Crippen LogP contribution >= 0.6 is 11.8 Å². The lowest BCUT2D eigenvalue weighted by Crippen LogP contribution is -2.39. The molecule has 132 valence electrons. The molecule has 0 aliphatic carbocycles. The van der Waals surface area contributed by atoms with Gasteiger partial charge in [-0.2, -0.15) is 0 Å². The zero-order valence-electron chi connectivity index (χ0n) is 14.0. The molecule has 3 rings (SSSR count). The molecule has 1 unspecified atom stereocenters. The molecule has 0 radical (unpaired) electrons. The molecule has 1 heterocycles. The standard InChI is InChI=1S/C18H17N5O2S/c1-12(16(24)20-17(19)25)26-18-22-21-15(13-8-4-2-5-9-13)23(18)14-10-6-3-7-11-14/h2-12H,1H3,(H3,19,20,24,25). The van der Waals surface area contributed by atoms with Crippen LogP contribution in [0.25, 0.3) is 17.1 Å². The van der Waals surface area contributed by atoms with E-state index in [1.165, 1.54) is 11.8 Å². The van der Waals surface area contributed by atoms with Crippen molar-refractivity contribution in [3.8, 4) is 17.1 Å². The fraction of sp³-hybridized carbons (Fsp3) is 0.111. The van der Waals surface area contributed by atoms with Crippen molar-refractivity contribution in [1.82, 2.24) is 20.1 Å². The number of thioether (sulfide) groups is 1. The van der Waals surface area contributed by atoms with Gasteiger partial charge in [0.05, 0.1) is 5.25 Å². The maximum absolute atomic E-state index is 12.0. The zero-order chi connectivity index (χ0) is 18.5. The summed E-state index contributed by atoms with van der Waals surface area (Å²) in [4.78, 5) is 22.9. The lowest BCUT2D eigenvalue weighted by molar-refractivity contribution is -0.119. The number of hydrogen-bond donors (Lipinski definition) is 2. The second-order valence-electron chi connectivity index (χ2n) is 5.46. The molecule has 7 nitrogen and oxygen atoms in total. The van der Waals surface area contributed by atoms with Gasteiger partial charge in [-0.1, -0.05) is 60.3 Å². The van der Waals surface area contributed by atoms with Crippen molar-refractivity contribution < 1.29 is 9.59 Å². The molecule has 1 aromatic heterocycles. The van der Waals surface area contributed by atoms with Crippen LogP contribution in [0.1, 0.15) is 6.92 Å². The highest BCUT2D eigenvalue weighted by atomic mass is 32.2. The van der Waals surface area contributed by atoms with Crippen LogP contribution in [-0.4, -0.2) is 32.0 Å². The Kier molecular flexibility index (Phi) is 5.33. The summed E-state index contributed by atoms with van der Waals surface area (Å²) in [6.07, 6.45) is 0. The first-order valence-electron chi connectivity index (χ1n) is 7.89. The van der Waals surface area contributed by atoms with E-state index < -0.39 is 17.2 Å². The Labute approximate surface area is 154 Å². The average molecular weight is 367 g/mol. The van der Waals surface area contributed by atoms with E-state index in [0.29, 0.717) is 11.0 Å². The number of hydrogen-bond acceptors (Lipinski definition) is 5. The molecule has 26 heavy (non-hydrogen) atoms. The molecule has 2 aromatic carbocycles. The molecular weight excluding hydrogens is 350 g/mol. The summed E-state index contributed by atoms with van der Waals surface area (Å²) in [5.41, 5.74) is 6.80. The quantitative estimate of drug-likeness (QED) is 0.675. The van der Waals surface area contributed by atoms with Crippen LogP contribution in [0, 0.1) is 0 Å². The molecule has 0 bridgehead atoms. The highest BCUT2D eigenvalue weighted by Gasteiger charge is 2.22. The van der Waals surface area contributed by atoms with E-state index in [1.54, 1.807) is 6.92 Å². The van der Waals surface area contributed by atoms with Gasteiger partial charge in [-0.15, -0.1) is 10.2 Å². The van der Waals surface area contributed by atoms with E-state index in [2.05, 4.69) is 15.5 Å². The van der Waals surface area contributed by atoms with E-state index in [1.807, 2.05) is 65.2 Å². The molecule has 1 atom stereocenters. The summed E-state index contributed by atoms with van der Waals surface area (Å²) in [7, 11) is 0. The third-order valence-corrected chi connectivity index (χ3v) is 4.62. The lowest BCUT2D eigenvalue weighted by Gasteiger charge is -2.13. The number of aromatic nitrogens is 3. The third-order valence-electron chi connectivity index (χ3n) is 3.58. The number of amides is 3. The van der Waals surface area contributed by atoms with Crippen LogP contribution < -0.4 is 11.1 Å². The predicted molar refractivity (Wildman–Crippen MR) is 99.8 cm³/mol. The summed E-state index contributed by atoms with van der Waals surface area (Å²) in [5.74, 6) is 0.188. The number of primary amides is 1. The molecule has 0 saturated carbocycles. The number of nitrogens with two attached hydrogens (primary N) is 1. The fourth-order valence-corrected chi connectivity index (χ4v) is 3.23. The smallest absolute Gasteiger partial charge is 0.318 e. The number of carbonyl (C=O) groups excluding carboxylic acids is 2. The van der Waals surface area contributed by atoms with Crippen molar-refractivity contribution in [2.45, 2.75) is 17.3 Å². The molecule has 0 saturated heterocycles. The number of urea groups is 1. The van der Waals surface area contributed by atoms with E-state index in [4.69, 9.17) is 5.73 Å². The van der Waals surface area contributed by atoms with E-state index in [-0.39, 0.29) is 0 Å². The minimum atomic E-state index is -0.878. The summed E-state index contributed by atoms with van der Waals surface area (Å²) < 4.78 is 1.88. The predicted octanol–water partition coefficient (Wildman–Crippen LogP) is 2.61. The minimum Gasteiger partial charge on any atom is -0.351 e. The largest absolute Gasteiger partial charge is 0.351 e. The topological polar surface area (TPSA) is 103 Å². The molecular formula is C18H17N5O2S. The van der Waals surface area contributed by atoms with Crippen molar-refractivity contribution in [1.29, 1.82) is 0 Å². The lowest BCUT2D eigenvalue weighted by atomic mass is 10.2. The maximum Gasteiger partial charge on any atom is 0.318 e. The highest BCUT2D eigenvalue weighted by Crippen LogP contribution is 2.29. The van der Waals surface area contributed by atoms with Crippen molar-refractivity contribution >= 4 is 23.7 Å².